The van der Waals surface area contributed by atoms with Crippen LogP contribution in [0.1, 0.15) is 0 Å². The largest absolute Gasteiger partial charge is 0.490 e. The topological polar surface area (TPSA) is 131 Å². The zero-order valence-electron chi connectivity index (χ0n) is 20.1. The molecule has 0 radical (unpaired) electrons. The van der Waals surface area contributed by atoms with Gasteiger partial charge in [-0.25, -0.2) is 14.8 Å². The van der Waals surface area contributed by atoms with E-state index in [4.69, 9.17) is 14.6 Å². The summed E-state index contributed by atoms with van der Waals surface area (Å²) in [5.74, 6) is -1.41. The van der Waals surface area contributed by atoms with Crippen molar-refractivity contribution in [2.24, 2.45) is 7.05 Å². The minimum Gasteiger partial charge on any atom is -0.475 e. The Bertz CT molecular complexity index is 1370. The number of ether oxygens (including phenoxy) is 1. The van der Waals surface area contributed by atoms with Gasteiger partial charge in [0.05, 0.1) is 30.8 Å². The predicted octanol–water partition coefficient (Wildman–Crippen LogP) is 3.55. The highest BCUT2D eigenvalue weighted by molar-refractivity contribution is 5.73. The molecule has 1 saturated heterocycles. The molecule has 0 atom stereocenters. The van der Waals surface area contributed by atoms with E-state index in [0.29, 0.717) is 5.95 Å². The molecule has 3 aromatic heterocycles. The third-order valence-electron chi connectivity index (χ3n) is 5.40. The Morgan fingerprint density at radius 2 is 1.79 bits per heavy atom. The van der Waals surface area contributed by atoms with Crippen molar-refractivity contribution in [3.05, 3.63) is 61.3 Å². The van der Waals surface area contributed by atoms with E-state index in [1.54, 1.807) is 12.5 Å². The monoisotopic (exact) mass is 528 g/mol. The fourth-order valence-electron chi connectivity index (χ4n) is 3.52. The number of aliphatic carboxylic acids is 1. The number of halogens is 3. The van der Waals surface area contributed by atoms with Crippen molar-refractivity contribution in [2.75, 3.05) is 36.5 Å². The lowest BCUT2D eigenvalue weighted by Gasteiger charge is -2.28. The van der Waals surface area contributed by atoms with Gasteiger partial charge >= 0.3 is 12.1 Å². The second kappa shape index (κ2) is 11.6. The van der Waals surface area contributed by atoms with Crippen LogP contribution in [0.4, 0.5) is 30.5 Å². The van der Waals surface area contributed by atoms with Crippen molar-refractivity contribution in [1.82, 2.24) is 29.7 Å². The number of hydrogen-bond acceptors (Lipinski definition) is 9. The number of benzene rings is 1. The molecule has 1 aliphatic heterocycles. The molecule has 4 aromatic rings. The molecule has 1 aromatic carbocycles. The van der Waals surface area contributed by atoms with Crippen molar-refractivity contribution in [2.45, 2.75) is 6.18 Å². The fourth-order valence-corrected chi connectivity index (χ4v) is 3.52. The van der Waals surface area contributed by atoms with Crippen molar-refractivity contribution < 1.29 is 27.8 Å². The summed E-state index contributed by atoms with van der Waals surface area (Å²) in [5.41, 5.74) is 4.73. The van der Waals surface area contributed by atoms with E-state index >= 15 is 0 Å². The van der Waals surface area contributed by atoms with Gasteiger partial charge in [-0.3, -0.25) is 4.98 Å². The van der Waals surface area contributed by atoms with Crippen LogP contribution < -0.4 is 10.2 Å². The summed E-state index contributed by atoms with van der Waals surface area (Å²) in [6.45, 7) is 3.21. The zero-order chi connectivity index (χ0) is 27.1. The van der Waals surface area contributed by atoms with Crippen molar-refractivity contribution in [3.8, 4) is 22.6 Å². The lowest BCUT2D eigenvalue weighted by atomic mass is 10.2. The third kappa shape index (κ3) is 6.79. The van der Waals surface area contributed by atoms with Crippen LogP contribution in [0.5, 0.6) is 0 Å². The molecule has 11 nitrogen and oxygen atoms in total. The first kappa shape index (κ1) is 26.5. The summed E-state index contributed by atoms with van der Waals surface area (Å²) in [7, 11) is 1.92. The average Bonchev–Trinajstić information content (AvgIpc) is 3.35. The minimum atomic E-state index is -5.08. The SMILES string of the molecule is Cn1cnnc1-c1ccc(Nc2nccc(-c3cncc(N4CCOCC4)c3)n2)cc1.O=C(O)C(F)(F)F. The quantitative estimate of drug-likeness (QED) is 0.396. The number of aromatic nitrogens is 6. The lowest BCUT2D eigenvalue weighted by Crippen LogP contribution is -2.36. The van der Waals surface area contributed by atoms with Gasteiger partial charge in [0.15, 0.2) is 5.82 Å². The number of morpholine rings is 1. The number of pyridine rings is 1. The summed E-state index contributed by atoms with van der Waals surface area (Å²) in [6.07, 6.45) is 2.06. The van der Waals surface area contributed by atoms with Crippen LogP contribution in [0.2, 0.25) is 0 Å². The molecule has 5 rings (SSSR count). The van der Waals surface area contributed by atoms with Crippen LogP contribution in [-0.2, 0) is 16.6 Å². The Kier molecular flexibility index (Phi) is 8.11. The molecule has 0 aliphatic carbocycles. The third-order valence-corrected chi connectivity index (χ3v) is 5.40. The normalized spacial score (nSPS) is 13.4. The molecular formula is C24H23F3N8O3. The maximum Gasteiger partial charge on any atom is 0.490 e. The van der Waals surface area contributed by atoms with Crippen LogP contribution in [0, 0.1) is 0 Å². The second-order valence-corrected chi connectivity index (χ2v) is 8.07. The smallest absolute Gasteiger partial charge is 0.475 e. The highest BCUT2D eigenvalue weighted by atomic mass is 19.4. The highest BCUT2D eigenvalue weighted by Crippen LogP contribution is 2.25. The summed E-state index contributed by atoms with van der Waals surface area (Å²) in [4.78, 5) is 24.6. The summed E-state index contributed by atoms with van der Waals surface area (Å²) in [6, 6.07) is 11.9. The molecule has 1 fully saturated rings. The van der Waals surface area contributed by atoms with Crippen LogP contribution in [-0.4, -0.2) is 73.3 Å². The van der Waals surface area contributed by atoms with Crippen LogP contribution in [0.25, 0.3) is 22.6 Å². The maximum absolute atomic E-state index is 10.6. The molecule has 14 heteroatoms. The van der Waals surface area contributed by atoms with Gasteiger partial charge in [0.1, 0.15) is 6.33 Å². The van der Waals surface area contributed by atoms with Crippen LogP contribution in [0.15, 0.2) is 61.3 Å². The summed E-state index contributed by atoms with van der Waals surface area (Å²) < 4.78 is 39.1. The average molecular weight is 528 g/mol. The van der Waals surface area contributed by atoms with E-state index < -0.39 is 12.1 Å². The first-order chi connectivity index (χ1) is 18.2. The standard InChI is InChI=1S/C22H22N8O.C2HF3O2/c1-29-15-25-28-21(29)16-2-4-18(5-3-16)26-22-24-7-6-20(27-22)17-12-19(14-23-13-17)30-8-10-31-11-9-30;3-2(4,5)1(6)7/h2-7,12-15H,8-11H2,1H3,(H,24,26,27);(H,6,7). The number of alkyl halides is 3. The van der Waals surface area contributed by atoms with E-state index in [9.17, 15) is 13.2 Å². The summed E-state index contributed by atoms with van der Waals surface area (Å²) in [5, 5.41) is 18.5. The number of hydrogen-bond donors (Lipinski definition) is 2. The van der Waals surface area contributed by atoms with Gasteiger partial charge in [0, 0.05) is 49.3 Å². The van der Waals surface area contributed by atoms with E-state index in [2.05, 4.69) is 41.4 Å². The van der Waals surface area contributed by atoms with Gasteiger partial charge < -0.3 is 24.6 Å². The zero-order valence-corrected chi connectivity index (χ0v) is 20.1. The Labute approximate surface area is 215 Å². The van der Waals surface area contributed by atoms with Gasteiger partial charge in [-0.05, 0) is 36.4 Å². The predicted molar refractivity (Wildman–Crippen MR) is 132 cm³/mol. The van der Waals surface area contributed by atoms with E-state index in [0.717, 1.165) is 60.3 Å². The Morgan fingerprint density at radius 1 is 1.08 bits per heavy atom. The first-order valence-corrected chi connectivity index (χ1v) is 11.3. The first-order valence-electron chi connectivity index (χ1n) is 11.3. The van der Waals surface area contributed by atoms with Gasteiger partial charge in [0.2, 0.25) is 5.95 Å². The van der Waals surface area contributed by atoms with Gasteiger partial charge in [-0.15, -0.1) is 10.2 Å². The molecule has 0 bridgehead atoms. The molecule has 0 unspecified atom stereocenters. The second-order valence-electron chi connectivity index (χ2n) is 8.07. The Hall–Kier alpha value is -4.59. The maximum atomic E-state index is 10.6. The lowest BCUT2D eigenvalue weighted by molar-refractivity contribution is -0.192. The Morgan fingerprint density at radius 3 is 2.42 bits per heavy atom. The van der Waals surface area contributed by atoms with Crippen LogP contribution in [0.3, 0.4) is 0 Å². The molecule has 0 amide bonds. The number of carbonyl (C=O) groups is 1. The fraction of sp³-hybridized carbons (Fsp3) is 0.250. The van der Waals surface area contributed by atoms with Crippen LogP contribution >= 0.6 is 0 Å². The van der Waals surface area contributed by atoms with E-state index in [-0.39, 0.29) is 0 Å². The molecule has 4 heterocycles. The number of carboxylic acids is 1. The number of nitrogens with zero attached hydrogens (tertiary/aromatic N) is 7. The molecule has 0 spiro atoms. The van der Waals surface area contributed by atoms with Crippen molar-refractivity contribution in [1.29, 1.82) is 0 Å². The number of aryl methyl sites for hydroxylation is 1. The Balaban J connectivity index is 0.000000426. The molecule has 0 saturated carbocycles. The number of carboxylic acid groups (broad SMARTS) is 1. The number of nitrogens with one attached hydrogen (secondary N) is 1. The van der Waals surface area contributed by atoms with Gasteiger partial charge in [0.25, 0.3) is 0 Å². The molecule has 38 heavy (non-hydrogen) atoms. The molecule has 1 aliphatic rings. The number of rotatable bonds is 5. The molecule has 198 valence electrons. The number of anilines is 3. The van der Waals surface area contributed by atoms with Gasteiger partial charge in [-0.2, -0.15) is 13.2 Å². The van der Waals surface area contributed by atoms with E-state index in [1.807, 2.05) is 54.3 Å². The van der Waals surface area contributed by atoms with Gasteiger partial charge in [-0.1, -0.05) is 0 Å². The van der Waals surface area contributed by atoms with Crippen molar-refractivity contribution >= 4 is 23.3 Å². The summed E-state index contributed by atoms with van der Waals surface area (Å²) >= 11 is 0. The molecular weight excluding hydrogens is 505 g/mol. The highest BCUT2D eigenvalue weighted by Gasteiger charge is 2.38. The molecule has 2 N–H and O–H groups in total. The van der Waals surface area contributed by atoms with E-state index in [1.165, 1.54) is 0 Å². The van der Waals surface area contributed by atoms with Crippen molar-refractivity contribution in [3.63, 3.8) is 0 Å². The minimum absolute atomic E-state index is 0.528.